The van der Waals surface area contributed by atoms with E-state index < -0.39 is 0 Å². The average Bonchev–Trinajstić information content (AvgIpc) is 2.63. The van der Waals surface area contributed by atoms with Crippen LogP contribution < -0.4 is 5.32 Å². The molecule has 1 N–H and O–H groups in total. The van der Waals surface area contributed by atoms with E-state index in [2.05, 4.69) is 51.8 Å². The van der Waals surface area contributed by atoms with Gasteiger partial charge in [-0.05, 0) is 61.6 Å². The highest BCUT2D eigenvalue weighted by Crippen LogP contribution is 2.24. The Morgan fingerprint density at radius 2 is 2.12 bits per heavy atom. The van der Waals surface area contributed by atoms with Crippen LogP contribution in [0.1, 0.15) is 38.6 Å². The summed E-state index contributed by atoms with van der Waals surface area (Å²) in [7, 11) is 2.01. The number of aryl methyl sites for hydroxylation is 2. The highest BCUT2D eigenvalue weighted by molar-refractivity contribution is 9.10. The zero-order valence-corrected chi connectivity index (χ0v) is 13.0. The lowest BCUT2D eigenvalue weighted by atomic mass is 10.0. The number of nitrogens with one attached hydrogen (secondary N) is 1. The van der Waals surface area contributed by atoms with E-state index in [9.17, 15) is 0 Å². The molecule has 1 unspecified atom stereocenters. The summed E-state index contributed by atoms with van der Waals surface area (Å²) in [6, 6.07) is 0. The van der Waals surface area contributed by atoms with Crippen LogP contribution in [0.4, 0.5) is 0 Å². The quantitative estimate of drug-likeness (QED) is 0.839. The van der Waals surface area contributed by atoms with Crippen molar-refractivity contribution in [3.8, 4) is 0 Å². The van der Waals surface area contributed by atoms with E-state index in [4.69, 9.17) is 0 Å². The monoisotopic (exact) mass is 301 g/mol. The fraction of sp³-hybridized carbons (Fsp3) is 0.769. The number of hydrogen-bond acceptors (Lipinski definition) is 2. The first-order chi connectivity index (χ1) is 8.13. The van der Waals surface area contributed by atoms with Crippen molar-refractivity contribution in [2.24, 2.45) is 5.92 Å². The van der Waals surface area contributed by atoms with Crippen molar-refractivity contribution in [2.75, 3.05) is 13.6 Å². The second-order valence-corrected chi connectivity index (χ2v) is 5.37. The van der Waals surface area contributed by atoms with Crippen LogP contribution in [0, 0.1) is 5.92 Å². The minimum Gasteiger partial charge on any atom is -0.319 e. The summed E-state index contributed by atoms with van der Waals surface area (Å²) < 4.78 is 3.35. The van der Waals surface area contributed by atoms with Crippen LogP contribution in [-0.2, 0) is 19.4 Å². The summed E-state index contributed by atoms with van der Waals surface area (Å²) in [5.41, 5.74) is 2.54. The maximum Gasteiger partial charge on any atom is 0.0766 e. The molecule has 0 radical (unpaired) electrons. The molecule has 4 heteroatoms. The normalized spacial score (nSPS) is 13.0. The van der Waals surface area contributed by atoms with E-state index in [-0.39, 0.29) is 0 Å². The molecule has 0 saturated heterocycles. The number of hydrogen-bond donors (Lipinski definition) is 1. The molecule has 3 nitrogen and oxygen atoms in total. The lowest BCUT2D eigenvalue weighted by Gasteiger charge is -2.11. The van der Waals surface area contributed by atoms with E-state index in [0.717, 1.165) is 25.9 Å². The number of nitrogens with zero attached hydrogens (tertiary/aromatic N) is 2. The van der Waals surface area contributed by atoms with Gasteiger partial charge in [0, 0.05) is 6.54 Å². The van der Waals surface area contributed by atoms with Crippen molar-refractivity contribution in [2.45, 2.75) is 46.6 Å². The molecule has 0 aliphatic heterocycles. The summed E-state index contributed by atoms with van der Waals surface area (Å²) in [6.07, 6.45) is 3.30. The average molecular weight is 302 g/mol. The van der Waals surface area contributed by atoms with Crippen molar-refractivity contribution >= 4 is 15.9 Å². The Bertz CT molecular complexity index is 347. The zero-order valence-electron chi connectivity index (χ0n) is 11.4. The Morgan fingerprint density at radius 1 is 1.41 bits per heavy atom. The first-order valence-corrected chi connectivity index (χ1v) is 7.31. The lowest BCUT2D eigenvalue weighted by Crippen LogP contribution is -2.17. The summed E-state index contributed by atoms with van der Waals surface area (Å²) >= 11 is 3.69. The maximum absolute atomic E-state index is 4.62. The minimum absolute atomic E-state index is 0.706. The number of rotatable bonds is 7. The molecule has 0 saturated carbocycles. The molecular weight excluding hydrogens is 278 g/mol. The van der Waals surface area contributed by atoms with Crippen LogP contribution in [0.15, 0.2) is 4.47 Å². The first kappa shape index (κ1) is 14.7. The van der Waals surface area contributed by atoms with Crippen LogP contribution in [0.25, 0.3) is 0 Å². The van der Waals surface area contributed by atoms with Gasteiger partial charge in [0.2, 0.25) is 0 Å². The van der Waals surface area contributed by atoms with Crippen molar-refractivity contribution in [3.63, 3.8) is 0 Å². The molecule has 1 atom stereocenters. The van der Waals surface area contributed by atoms with Gasteiger partial charge in [0.1, 0.15) is 0 Å². The van der Waals surface area contributed by atoms with Gasteiger partial charge in [-0.1, -0.05) is 13.8 Å². The fourth-order valence-corrected chi connectivity index (χ4v) is 2.85. The molecule has 1 aromatic rings. The highest BCUT2D eigenvalue weighted by atomic mass is 79.9. The van der Waals surface area contributed by atoms with Crippen molar-refractivity contribution in [3.05, 3.63) is 15.9 Å². The van der Waals surface area contributed by atoms with Gasteiger partial charge in [-0.2, -0.15) is 5.10 Å². The second kappa shape index (κ2) is 7.17. The van der Waals surface area contributed by atoms with Gasteiger partial charge in [-0.25, -0.2) is 0 Å². The highest BCUT2D eigenvalue weighted by Gasteiger charge is 2.14. The largest absolute Gasteiger partial charge is 0.319 e. The molecule has 98 valence electrons. The van der Waals surface area contributed by atoms with Crippen LogP contribution in [0.3, 0.4) is 0 Å². The van der Waals surface area contributed by atoms with E-state index in [1.54, 1.807) is 0 Å². The van der Waals surface area contributed by atoms with Crippen LogP contribution in [-0.4, -0.2) is 23.4 Å². The first-order valence-electron chi connectivity index (χ1n) is 6.52. The van der Waals surface area contributed by atoms with E-state index in [1.165, 1.54) is 22.3 Å². The van der Waals surface area contributed by atoms with Gasteiger partial charge in [-0.15, -0.1) is 0 Å². The van der Waals surface area contributed by atoms with E-state index >= 15 is 0 Å². The number of aromatic nitrogens is 2. The molecule has 0 bridgehead atoms. The maximum atomic E-state index is 4.62. The molecule has 0 aromatic carbocycles. The van der Waals surface area contributed by atoms with Gasteiger partial charge >= 0.3 is 0 Å². The molecule has 17 heavy (non-hydrogen) atoms. The molecule has 1 heterocycles. The number of halogens is 1. The molecule has 0 aliphatic carbocycles. The van der Waals surface area contributed by atoms with Gasteiger partial charge in [0.15, 0.2) is 0 Å². The molecule has 1 rings (SSSR count). The van der Waals surface area contributed by atoms with Crippen LogP contribution >= 0.6 is 15.9 Å². The van der Waals surface area contributed by atoms with Gasteiger partial charge in [-0.3, -0.25) is 4.68 Å². The second-order valence-electron chi connectivity index (χ2n) is 4.58. The smallest absolute Gasteiger partial charge is 0.0766 e. The SMILES string of the molecule is CCc1nn(CC)c(CCC(C)CNC)c1Br. The van der Waals surface area contributed by atoms with Crippen LogP contribution in [0.5, 0.6) is 0 Å². The van der Waals surface area contributed by atoms with E-state index in [1.807, 2.05) is 7.05 Å². The third-order valence-electron chi connectivity index (χ3n) is 3.12. The third kappa shape index (κ3) is 3.81. The molecule has 0 spiro atoms. The Labute approximate surface area is 113 Å². The summed E-state index contributed by atoms with van der Waals surface area (Å²) in [4.78, 5) is 0. The van der Waals surface area contributed by atoms with E-state index in [0.29, 0.717) is 5.92 Å². The Balaban J connectivity index is 2.72. The molecular formula is C13H24BrN3. The third-order valence-corrected chi connectivity index (χ3v) is 4.04. The van der Waals surface area contributed by atoms with Gasteiger partial charge in [0.25, 0.3) is 0 Å². The summed E-state index contributed by atoms with van der Waals surface area (Å²) in [6.45, 7) is 8.63. The predicted molar refractivity (Wildman–Crippen MR) is 76.4 cm³/mol. The van der Waals surface area contributed by atoms with Gasteiger partial charge in [0.05, 0.1) is 15.9 Å². The van der Waals surface area contributed by atoms with Crippen molar-refractivity contribution in [1.82, 2.24) is 15.1 Å². The van der Waals surface area contributed by atoms with Gasteiger partial charge < -0.3 is 5.32 Å². The van der Waals surface area contributed by atoms with Crippen molar-refractivity contribution < 1.29 is 0 Å². The topological polar surface area (TPSA) is 29.9 Å². The predicted octanol–water partition coefficient (Wildman–Crippen LogP) is 3.02. The summed E-state index contributed by atoms with van der Waals surface area (Å²) in [5.74, 6) is 0.706. The molecule has 0 amide bonds. The van der Waals surface area contributed by atoms with Crippen LogP contribution in [0.2, 0.25) is 0 Å². The molecule has 0 aliphatic rings. The molecule has 1 aromatic heterocycles. The fourth-order valence-electron chi connectivity index (χ4n) is 2.09. The Hall–Kier alpha value is -0.350. The summed E-state index contributed by atoms with van der Waals surface area (Å²) in [5, 5.41) is 7.85. The molecule has 0 fully saturated rings. The Morgan fingerprint density at radius 3 is 2.65 bits per heavy atom. The Kier molecular flexibility index (Phi) is 6.20. The zero-order chi connectivity index (χ0) is 12.8. The lowest BCUT2D eigenvalue weighted by molar-refractivity contribution is 0.489. The van der Waals surface area contributed by atoms with Crippen molar-refractivity contribution in [1.29, 1.82) is 0 Å². The minimum atomic E-state index is 0.706. The standard InChI is InChI=1S/C13H24BrN3/c1-5-11-13(14)12(17(6-2)16-11)8-7-10(3)9-15-4/h10,15H,5-9H2,1-4H3.